The molecule has 2 aromatic carbocycles. The van der Waals surface area contributed by atoms with Crippen LogP contribution >= 0.6 is 0 Å². The lowest BCUT2D eigenvalue weighted by atomic mass is 9.77. The third-order valence-electron chi connectivity index (χ3n) is 5.40. The molecule has 0 amide bonds. The molecule has 0 bridgehead atoms. The van der Waals surface area contributed by atoms with Crippen LogP contribution in [0.5, 0.6) is 0 Å². The Bertz CT molecular complexity index is 868. The van der Waals surface area contributed by atoms with Crippen molar-refractivity contribution in [2.75, 3.05) is 0 Å². The number of benzene rings is 2. The fourth-order valence-corrected chi connectivity index (χ4v) is 3.90. The van der Waals surface area contributed by atoms with Crippen molar-refractivity contribution >= 4 is 0 Å². The van der Waals surface area contributed by atoms with Crippen LogP contribution in [0.3, 0.4) is 0 Å². The summed E-state index contributed by atoms with van der Waals surface area (Å²) in [5, 5.41) is 0. The number of hydrogen-bond donors (Lipinski definition) is 0. The first-order chi connectivity index (χ1) is 13.4. The maximum absolute atomic E-state index is 14.4. The lowest BCUT2D eigenvalue weighted by Crippen LogP contribution is -2.13. The highest BCUT2D eigenvalue weighted by Crippen LogP contribution is 2.38. The van der Waals surface area contributed by atoms with Crippen LogP contribution in [0.1, 0.15) is 68.1 Å². The van der Waals surface area contributed by atoms with Crippen LogP contribution in [-0.4, -0.2) is 0 Å². The highest BCUT2D eigenvalue weighted by molar-refractivity contribution is 5.45. The molecule has 0 atom stereocenters. The highest BCUT2D eigenvalue weighted by Gasteiger charge is 2.23. The molecule has 0 spiro atoms. The topological polar surface area (TPSA) is 0 Å². The van der Waals surface area contributed by atoms with Gasteiger partial charge in [-0.1, -0.05) is 31.6 Å². The molecule has 0 radical (unpaired) electrons. The fraction of sp³-hybridized carbons (Fsp3) is 0.391. The Labute approximate surface area is 161 Å². The second-order valence-electron chi connectivity index (χ2n) is 7.37. The Kier molecular flexibility index (Phi) is 6.39. The maximum atomic E-state index is 14.4. The molecule has 0 N–H and O–H groups in total. The van der Waals surface area contributed by atoms with Gasteiger partial charge in [-0.2, -0.15) is 0 Å². The zero-order valence-corrected chi connectivity index (χ0v) is 15.6. The van der Waals surface area contributed by atoms with Crippen LogP contribution in [0.4, 0.5) is 22.0 Å². The fourth-order valence-electron chi connectivity index (χ4n) is 3.90. The number of halogens is 5. The molecule has 0 saturated heterocycles. The number of rotatable bonds is 3. The molecule has 148 valence electrons. The van der Waals surface area contributed by atoms with Gasteiger partial charge in [-0.3, -0.25) is 0 Å². The van der Waals surface area contributed by atoms with Gasteiger partial charge in [0.2, 0.25) is 0 Å². The van der Waals surface area contributed by atoms with E-state index in [1.54, 1.807) is 0 Å². The molecule has 1 fully saturated rings. The zero-order valence-electron chi connectivity index (χ0n) is 15.6. The monoisotopic (exact) mass is 392 g/mol. The summed E-state index contributed by atoms with van der Waals surface area (Å²) in [6.45, 7) is 2.16. The smallest absolute Gasteiger partial charge is 0.194 e. The molecule has 0 aromatic heterocycles. The molecule has 1 saturated carbocycles. The summed E-state index contributed by atoms with van der Waals surface area (Å²) in [6, 6.07) is 3.96. The van der Waals surface area contributed by atoms with Gasteiger partial charge in [-0.15, -0.1) is 0 Å². The standard InChI is InChI=1S/C23H21F5/c1-2-3-14-4-7-16(8-5-14)17-12-19(24)18(20(25)13-17)9-6-15-10-21(26)23(28)22(27)11-15/h10-14,16H,2-5,7-8H2,1H3. The van der Waals surface area contributed by atoms with E-state index in [0.717, 1.165) is 32.1 Å². The summed E-state index contributed by atoms with van der Waals surface area (Å²) in [5.74, 6) is -0.646. The van der Waals surface area contributed by atoms with Crippen LogP contribution in [0.25, 0.3) is 0 Å². The Hall–Kier alpha value is -2.35. The predicted octanol–water partition coefficient (Wildman–Crippen LogP) is 6.86. The van der Waals surface area contributed by atoms with Crippen molar-refractivity contribution in [1.82, 2.24) is 0 Å². The quantitative estimate of drug-likeness (QED) is 0.304. The summed E-state index contributed by atoms with van der Waals surface area (Å²) < 4.78 is 68.3. The zero-order chi connectivity index (χ0) is 20.3. The SMILES string of the molecule is CCCC1CCC(c2cc(F)c(C#Cc3cc(F)c(F)c(F)c3)c(F)c2)CC1. The Morgan fingerprint density at radius 3 is 1.89 bits per heavy atom. The average molecular weight is 392 g/mol. The minimum atomic E-state index is -1.61. The van der Waals surface area contributed by atoms with Gasteiger partial charge in [0, 0.05) is 5.56 Å². The van der Waals surface area contributed by atoms with Crippen molar-refractivity contribution < 1.29 is 22.0 Å². The van der Waals surface area contributed by atoms with Gasteiger partial charge in [-0.25, -0.2) is 22.0 Å². The van der Waals surface area contributed by atoms with E-state index < -0.39 is 34.6 Å². The summed E-state index contributed by atoms with van der Waals surface area (Å²) in [6.07, 6.45) is 6.27. The van der Waals surface area contributed by atoms with Crippen molar-refractivity contribution in [2.45, 2.75) is 51.4 Å². The van der Waals surface area contributed by atoms with Gasteiger partial charge in [0.15, 0.2) is 17.5 Å². The Balaban J connectivity index is 1.80. The molecule has 3 rings (SSSR count). The second kappa shape index (κ2) is 8.77. The minimum Gasteiger partial charge on any atom is -0.206 e. The maximum Gasteiger partial charge on any atom is 0.194 e. The van der Waals surface area contributed by atoms with Crippen LogP contribution in [0.2, 0.25) is 0 Å². The van der Waals surface area contributed by atoms with E-state index in [9.17, 15) is 22.0 Å². The molecule has 1 aliphatic rings. The van der Waals surface area contributed by atoms with Crippen molar-refractivity contribution in [2.24, 2.45) is 5.92 Å². The Morgan fingerprint density at radius 1 is 0.786 bits per heavy atom. The van der Waals surface area contributed by atoms with E-state index in [1.165, 1.54) is 18.6 Å². The van der Waals surface area contributed by atoms with E-state index >= 15 is 0 Å². The van der Waals surface area contributed by atoms with E-state index in [2.05, 4.69) is 18.8 Å². The van der Waals surface area contributed by atoms with Gasteiger partial charge in [-0.05, 0) is 67.3 Å². The molecule has 0 heterocycles. The number of hydrogen-bond acceptors (Lipinski definition) is 0. The summed E-state index contributed by atoms with van der Waals surface area (Å²) in [4.78, 5) is 0. The third-order valence-corrected chi connectivity index (χ3v) is 5.40. The van der Waals surface area contributed by atoms with Gasteiger partial charge >= 0.3 is 0 Å². The first-order valence-electron chi connectivity index (χ1n) is 9.54. The third kappa shape index (κ3) is 4.55. The van der Waals surface area contributed by atoms with E-state index in [1.807, 2.05) is 0 Å². The molecular weight excluding hydrogens is 371 g/mol. The van der Waals surface area contributed by atoms with Gasteiger partial charge in [0.05, 0.1) is 5.56 Å². The molecule has 1 aliphatic carbocycles. The molecule has 28 heavy (non-hydrogen) atoms. The highest BCUT2D eigenvalue weighted by atomic mass is 19.2. The van der Waals surface area contributed by atoms with Crippen molar-refractivity contribution in [3.63, 3.8) is 0 Å². The largest absolute Gasteiger partial charge is 0.206 e. The van der Waals surface area contributed by atoms with E-state index in [-0.39, 0.29) is 11.5 Å². The summed E-state index contributed by atoms with van der Waals surface area (Å²) in [7, 11) is 0. The molecule has 2 aromatic rings. The van der Waals surface area contributed by atoms with Crippen LogP contribution in [0.15, 0.2) is 24.3 Å². The first kappa shape index (κ1) is 20.4. The molecule has 5 heteroatoms. The molecule has 0 unspecified atom stereocenters. The normalized spacial score (nSPS) is 19.2. The Morgan fingerprint density at radius 2 is 1.36 bits per heavy atom. The van der Waals surface area contributed by atoms with Crippen molar-refractivity contribution in [3.05, 3.63) is 70.0 Å². The first-order valence-corrected chi connectivity index (χ1v) is 9.54. The lowest BCUT2D eigenvalue weighted by molar-refractivity contribution is 0.307. The molecular formula is C23H21F5. The van der Waals surface area contributed by atoms with E-state index in [0.29, 0.717) is 23.6 Å². The average Bonchev–Trinajstić information content (AvgIpc) is 2.66. The van der Waals surface area contributed by atoms with Crippen molar-refractivity contribution in [3.8, 4) is 11.8 Å². The van der Waals surface area contributed by atoms with Crippen LogP contribution in [-0.2, 0) is 0 Å². The summed E-state index contributed by atoms with van der Waals surface area (Å²) >= 11 is 0. The minimum absolute atomic E-state index is 0.124. The summed E-state index contributed by atoms with van der Waals surface area (Å²) in [5.41, 5.74) is -0.0450. The second-order valence-corrected chi connectivity index (χ2v) is 7.37. The van der Waals surface area contributed by atoms with Gasteiger partial charge in [0.25, 0.3) is 0 Å². The molecule has 0 aliphatic heterocycles. The van der Waals surface area contributed by atoms with Gasteiger partial charge in [0.1, 0.15) is 11.6 Å². The van der Waals surface area contributed by atoms with Crippen molar-refractivity contribution in [1.29, 1.82) is 0 Å². The molecule has 0 nitrogen and oxygen atoms in total. The van der Waals surface area contributed by atoms with E-state index in [4.69, 9.17) is 0 Å². The van der Waals surface area contributed by atoms with Crippen LogP contribution < -0.4 is 0 Å². The van der Waals surface area contributed by atoms with Crippen LogP contribution in [0, 0.1) is 46.8 Å². The lowest BCUT2D eigenvalue weighted by Gasteiger charge is -2.28. The van der Waals surface area contributed by atoms with Gasteiger partial charge < -0.3 is 0 Å². The predicted molar refractivity (Wildman–Crippen MR) is 98.3 cm³/mol.